The van der Waals surface area contributed by atoms with Crippen molar-refractivity contribution in [3.05, 3.63) is 54.1 Å². The number of amides is 2. The fourth-order valence-electron chi connectivity index (χ4n) is 2.12. The number of ether oxygens (including phenoxy) is 3. The zero-order valence-corrected chi connectivity index (χ0v) is 15.1. The first-order valence-corrected chi connectivity index (χ1v) is 8.11. The quantitative estimate of drug-likeness (QED) is 0.512. The molecule has 2 N–H and O–H groups in total. The third kappa shape index (κ3) is 6.35. The lowest BCUT2D eigenvalue weighted by molar-refractivity contribution is -0.127. The second-order valence-electron chi connectivity index (χ2n) is 5.25. The predicted octanol–water partition coefficient (Wildman–Crippen LogP) is 1.35. The van der Waals surface area contributed by atoms with Gasteiger partial charge in [-0.25, -0.2) is 5.43 Å². The number of rotatable bonds is 9. The van der Waals surface area contributed by atoms with Gasteiger partial charge in [0.05, 0.1) is 27.0 Å². The Kier molecular flexibility index (Phi) is 7.65. The smallest absolute Gasteiger partial charge is 0.259 e. The Bertz CT molecular complexity index is 793. The summed E-state index contributed by atoms with van der Waals surface area (Å²) in [6.45, 7) is -0.398. The highest BCUT2D eigenvalue weighted by atomic mass is 16.5. The van der Waals surface area contributed by atoms with E-state index in [1.165, 1.54) is 20.4 Å². The van der Waals surface area contributed by atoms with Crippen molar-refractivity contribution in [3.8, 4) is 17.2 Å². The number of hydrogen-bond acceptors (Lipinski definition) is 6. The van der Waals surface area contributed by atoms with E-state index in [1.807, 2.05) is 6.07 Å². The maximum Gasteiger partial charge on any atom is 0.259 e. The normalized spacial score (nSPS) is 10.3. The van der Waals surface area contributed by atoms with Gasteiger partial charge in [-0.15, -0.1) is 0 Å². The molecular weight excluding hydrogens is 350 g/mol. The number of hydrazone groups is 1. The monoisotopic (exact) mass is 371 g/mol. The van der Waals surface area contributed by atoms with Gasteiger partial charge >= 0.3 is 0 Å². The largest absolute Gasteiger partial charge is 0.493 e. The van der Waals surface area contributed by atoms with Crippen molar-refractivity contribution in [3.63, 3.8) is 0 Å². The van der Waals surface area contributed by atoms with Crippen LogP contribution in [-0.2, 0) is 9.59 Å². The number of carbonyl (C=O) groups is 2. The number of hydrogen-bond donors (Lipinski definition) is 2. The van der Waals surface area contributed by atoms with Crippen molar-refractivity contribution in [2.45, 2.75) is 0 Å². The fourth-order valence-corrected chi connectivity index (χ4v) is 2.12. The Balaban J connectivity index is 1.76. The predicted molar refractivity (Wildman–Crippen MR) is 100 cm³/mol. The first-order chi connectivity index (χ1) is 13.1. The summed E-state index contributed by atoms with van der Waals surface area (Å²) in [5, 5.41) is 6.30. The van der Waals surface area contributed by atoms with E-state index in [4.69, 9.17) is 14.2 Å². The molecule has 0 aliphatic rings. The number of methoxy groups -OCH3 is 2. The summed E-state index contributed by atoms with van der Waals surface area (Å²) in [5.41, 5.74) is 2.96. The van der Waals surface area contributed by atoms with E-state index in [0.29, 0.717) is 22.8 Å². The van der Waals surface area contributed by atoms with Crippen LogP contribution in [0, 0.1) is 0 Å². The van der Waals surface area contributed by atoms with Gasteiger partial charge < -0.3 is 19.5 Å². The Morgan fingerprint density at radius 1 is 1.00 bits per heavy atom. The van der Waals surface area contributed by atoms with Gasteiger partial charge in [0.15, 0.2) is 18.1 Å². The minimum absolute atomic E-state index is 0.179. The maximum absolute atomic E-state index is 11.8. The van der Waals surface area contributed by atoms with Crippen LogP contribution in [0.5, 0.6) is 17.2 Å². The summed E-state index contributed by atoms with van der Waals surface area (Å²) in [7, 11) is 3.05. The number of nitrogens with one attached hydrogen (secondary N) is 2. The molecular formula is C19H21N3O5. The second kappa shape index (κ2) is 10.4. The van der Waals surface area contributed by atoms with E-state index in [-0.39, 0.29) is 13.2 Å². The van der Waals surface area contributed by atoms with Gasteiger partial charge in [-0.3, -0.25) is 9.59 Å². The Morgan fingerprint density at radius 2 is 1.78 bits per heavy atom. The maximum atomic E-state index is 11.8. The molecule has 0 spiro atoms. The highest BCUT2D eigenvalue weighted by Crippen LogP contribution is 2.29. The molecule has 2 aromatic rings. The molecule has 0 atom stereocenters. The Hall–Kier alpha value is -3.55. The third-order valence-electron chi connectivity index (χ3n) is 3.39. The molecule has 0 unspecified atom stereocenters. The molecule has 8 nitrogen and oxygen atoms in total. The van der Waals surface area contributed by atoms with Crippen molar-refractivity contribution in [1.82, 2.24) is 10.7 Å². The summed E-state index contributed by atoms with van der Waals surface area (Å²) >= 11 is 0. The van der Waals surface area contributed by atoms with Crippen molar-refractivity contribution in [2.24, 2.45) is 5.10 Å². The van der Waals surface area contributed by atoms with Crippen LogP contribution < -0.4 is 25.0 Å². The minimum Gasteiger partial charge on any atom is -0.493 e. The van der Waals surface area contributed by atoms with Crippen LogP contribution in [0.3, 0.4) is 0 Å². The molecule has 2 aromatic carbocycles. The first kappa shape index (κ1) is 19.8. The van der Waals surface area contributed by atoms with Gasteiger partial charge in [-0.2, -0.15) is 5.10 Å². The standard InChI is InChI=1S/C19H21N3O5/c1-25-16-10-6-7-14(19(16)26-2)11-21-22-17(23)12-20-18(24)13-27-15-8-4-3-5-9-15/h3-11H,12-13H2,1-2H3,(H,20,24)(H,22,23)/b21-11+. The molecule has 0 saturated heterocycles. The third-order valence-corrected chi connectivity index (χ3v) is 3.39. The number of benzene rings is 2. The van der Waals surface area contributed by atoms with E-state index in [2.05, 4.69) is 15.8 Å². The first-order valence-electron chi connectivity index (χ1n) is 8.11. The second-order valence-corrected chi connectivity index (χ2v) is 5.25. The summed E-state index contributed by atoms with van der Waals surface area (Å²) in [5.74, 6) is 0.755. The van der Waals surface area contributed by atoms with E-state index >= 15 is 0 Å². The lowest BCUT2D eigenvalue weighted by Crippen LogP contribution is -2.37. The van der Waals surface area contributed by atoms with Crippen LogP contribution in [0.1, 0.15) is 5.56 Å². The molecule has 0 aromatic heterocycles. The van der Waals surface area contributed by atoms with E-state index in [1.54, 1.807) is 42.5 Å². The van der Waals surface area contributed by atoms with Crippen molar-refractivity contribution >= 4 is 18.0 Å². The number of para-hydroxylation sites is 2. The molecule has 27 heavy (non-hydrogen) atoms. The molecule has 0 aliphatic carbocycles. The molecule has 0 fully saturated rings. The summed E-state index contributed by atoms with van der Waals surface area (Å²) in [6.07, 6.45) is 1.43. The Morgan fingerprint density at radius 3 is 2.48 bits per heavy atom. The highest BCUT2D eigenvalue weighted by molar-refractivity contribution is 5.88. The van der Waals surface area contributed by atoms with Crippen molar-refractivity contribution < 1.29 is 23.8 Å². The van der Waals surface area contributed by atoms with Gasteiger partial charge in [0, 0.05) is 5.56 Å². The molecule has 0 heterocycles. The molecule has 142 valence electrons. The average Bonchev–Trinajstić information content (AvgIpc) is 2.71. The number of carbonyl (C=O) groups excluding carboxylic acids is 2. The van der Waals surface area contributed by atoms with Crippen LogP contribution >= 0.6 is 0 Å². The van der Waals surface area contributed by atoms with Crippen molar-refractivity contribution in [2.75, 3.05) is 27.4 Å². The van der Waals surface area contributed by atoms with Crippen LogP contribution in [-0.4, -0.2) is 45.4 Å². The highest BCUT2D eigenvalue weighted by Gasteiger charge is 2.08. The fraction of sp³-hybridized carbons (Fsp3) is 0.211. The summed E-state index contributed by atoms with van der Waals surface area (Å²) in [6, 6.07) is 14.2. The van der Waals surface area contributed by atoms with Gasteiger partial charge in [-0.1, -0.05) is 24.3 Å². The summed E-state index contributed by atoms with van der Waals surface area (Å²) in [4.78, 5) is 23.4. The van der Waals surface area contributed by atoms with Gasteiger partial charge in [0.2, 0.25) is 0 Å². The van der Waals surface area contributed by atoms with Crippen molar-refractivity contribution in [1.29, 1.82) is 0 Å². The lowest BCUT2D eigenvalue weighted by Gasteiger charge is -2.09. The van der Waals surface area contributed by atoms with Crippen LogP contribution in [0.25, 0.3) is 0 Å². The zero-order valence-electron chi connectivity index (χ0n) is 15.1. The van der Waals surface area contributed by atoms with Gasteiger partial charge in [0.1, 0.15) is 5.75 Å². The molecule has 8 heteroatoms. The molecule has 0 bridgehead atoms. The van der Waals surface area contributed by atoms with Gasteiger partial charge in [0.25, 0.3) is 11.8 Å². The van der Waals surface area contributed by atoms with E-state index in [0.717, 1.165) is 0 Å². The Labute approximate surface area is 157 Å². The molecule has 0 radical (unpaired) electrons. The average molecular weight is 371 g/mol. The van der Waals surface area contributed by atoms with E-state index < -0.39 is 11.8 Å². The molecule has 0 aliphatic heterocycles. The van der Waals surface area contributed by atoms with Gasteiger partial charge in [-0.05, 0) is 24.3 Å². The minimum atomic E-state index is -0.471. The van der Waals surface area contributed by atoms with Crippen LogP contribution in [0.2, 0.25) is 0 Å². The SMILES string of the molecule is COc1cccc(/C=N/NC(=O)CNC(=O)COc2ccccc2)c1OC. The van der Waals surface area contributed by atoms with Crippen LogP contribution in [0.15, 0.2) is 53.6 Å². The van der Waals surface area contributed by atoms with Crippen LogP contribution in [0.4, 0.5) is 0 Å². The topological polar surface area (TPSA) is 98.2 Å². The zero-order chi connectivity index (χ0) is 19.5. The molecule has 2 rings (SSSR count). The lowest BCUT2D eigenvalue weighted by atomic mass is 10.2. The van der Waals surface area contributed by atoms with E-state index in [9.17, 15) is 9.59 Å². The summed E-state index contributed by atoms with van der Waals surface area (Å²) < 4.78 is 15.7. The number of nitrogens with zero attached hydrogens (tertiary/aromatic N) is 1. The molecule has 2 amide bonds. The molecule has 0 saturated carbocycles.